The maximum absolute atomic E-state index is 13.2. The number of halogens is 4. The normalized spacial score (nSPS) is 17.3. The molecule has 0 radical (unpaired) electrons. The molecular formula is C22H17BrF3N5O. The highest BCUT2D eigenvalue weighted by molar-refractivity contribution is 9.10. The average molecular weight is 504 g/mol. The van der Waals surface area contributed by atoms with Crippen molar-refractivity contribution in [1.82, 2.24) is 9.97 Å². The van der Waals surface area contributed by atoms with Gasteiger partial charge in [0.25, 0.3) is 0 Å². The molecule has 0 saturated carbocycles. The van der Waals surface area contributed by atoms with E-state index in [1.165, 1.54) is 6.07 Å². The van der Waals surface area contributed by atoms with Crippen LogP contribution in [0.25, 0.3) is 11.3 Å². The van der Waals surface area contributed by atoms with E-state index in [4.69, 9.17) is 0 Å². The fourth-order valence-corrected chi connectivity index (χ4v) is 4.48. The summed E-state index contributed by atoms with van der Waals surface area (Å²) >= 11 is 3.29. The van der Waals surface area contributed by atoms with E-state index in [-0.39, 0.29) is 12.1 Å². The van der Waals surface area contributed by atoms with Crippen molar-refractivity contribution in [3.05, 3.63) is 64.8 Å². The van der Waals surface area contributed by atoms with Gasteiger partial charge in [-0.2, -0.15) is 13.2 Å². The standard InChI is InChI=1S/C22H17BrF3N5O/c23-18-5-2-6-19(28-18)29-21(32)31-15-9-10-30(12-15)17-8-7-16(27-20(17)31)13-3-1-4-14(11-13)22(24,25)26/h1-8,11,15H,9-10,12H2,(H,28,29,32). The molecule has 5 rings (SSSR count). The number of nitrogens with zero attached hydrogens (tertiary/aromatic N) is 4. The van der Waals surface area contributed by atoms with Crippen LogP contribution in [-0.4, -0.2) is 35.1 Å². The van der Waals surface area contributed by atoms with Gasteiger partial charge in [0.2, 0.25) is 0 Å². The number of alkyl halides is 3. The first-order valence-corrected chi connectivity index (χ1v) is 10.8. The van der Waals surface area contributed by atoms with Crippen molar-refractivity contribution in [2.24, 2.45) is 0 Å². The van der Waals surface area contributed by atoms with Crippen molar-refractivity contribution in [3.63, 3.8) is 0 Å². The molecule has 1 fully saturated rings. The first-order valence-electron chi connectivity index (χ1n) is 9.96. The Balaban J connectivity index is 1.53. The second-order valence-electron chi connectivity index (χ2n) is 7.65. The van der Waals surface area contributed by atoms with Gasteiger partial charge in [0.15, 0.2) is 5.82 Å². The van der Waals surface area contributed by atoms with Gasteiger partial charge in [-0.05, 0) is 58.7 Å². The lowest BCUT2D eigenvalue weighted by Crippen LogP contribution is -2.48. The third-order valence-corrected chi connectivity index (χ3v) is 6.05. The Hall–Kier alpha value is -3.14. The molecule has 1 saturated heterocycles. The van der Waals surface area contributed by atoms with E-state index in [0.717, 1.165) is 30.8 Å². The van der Waals surface area contributed by atoms with Crippen LogP contribution in [0.4, 0.5) is 35.3 Å². The summed E-state index contributed by atoms with van der Waals surface area (Å²) in [6.45, 7) is 1.46. The van der Waals surface area contributed by atoms with E-state index in [1.54, 1.807) is 35.2 Å². The van der Waals surface area contributed by atoms with Gasteiger partial charge >= 0.3 is 12.2 Å². The number of nitrogens with one attached hydrogen (secondary N) is 1. The van der Waals surface area contributed by atoms with Crippen LogP contribution in [0.15, 0.2) is 59.2 Å². The number of carbonyl (C=O) groups excluding carboxylic acids is 1. The van der Waals surface area contributed by atoms with E-state index in [2.05, 4.69) is 36.1 Å². The number of pyridine rings is 2. The summed E-state index contributed by atoms with van der Waals surface area (Å²) in [6.07, 6.45) is -3.67. The number of urea groups is 1. The molecule has 0 aliphatic carbocycles. The Bertz CT molecular complexity index is 1200. The number of amides is 2. The minimum Gasteiger partial charge on any atom is -0.366 e. The maximum Gasteiger partial charge on any atom is 0.416 e. The number of aromatic nitrogens is 2. The highest BCUT2D eigenvalue weighted by atomic mass is 79.9. The molecule has 2 amide bonds. The molecule has 2 aliphatic heterocycles. The number of benzene rings is 1. The minimum absolute atomic E-state index is 0.0843. The van der Waals surface area contributed by atoms with Crippen molar-refractivity contribution >= 4 is 39.3 Å². The molecule has 2 bridgehead atoms. The Morgan fingerprint density at radius 2 is 1.91 bits per heavy atom. The number of rotatable bonds is 2. The average Bonchev–Trinajstić information content (AvgIpc) is 3.17. The van der Waals surface area contributed by atoms with Crippen LogP contribution in [0.3, 0.4) is 0 Å². The van der Waals surface area contributed by atoms with Crippen LogP contribution in [0.1, 0.15) is 12.0 Å². The second kappa shape index (κ2) is 7.77. The van der Waals surface area contributed by atoms with Crippen molar-refractivity contribution < 1.29 is 18.0 Å². The van der Waals surface area contributed by atoms with E-state index in [0.29, 0.717) is 34.0 Å². The van der Waals surface area contributed by atoms with Crippen molar-refractivity contribution in [1.29, 1.82) is 0 Å². The van der Waals surface area contributed by atoms with E-state index in [1.807, 2.05) is 6.07 Å². The first-order chi connectivity index (χ1) is 15.3. The van der Waals surface area contributed by atoms with Gasteiger partial charge in [0.1, 0.15) is 10.4 Å². The van der Waals surface area contributed by atoms with E-state index >= 15 is 0 Å². The highest BCUT2D eigenvalue weighted by Crippen LogP contribution is 2.41. The summed E-state index contributed by atoms with van der Waals surface area (Å²) in [5.41, 5.74) is 0.751. The Morgan fingerprint density at radius 1 is 1.09 bits per heavy atom. The van der Waals surface area contributed by atoms with Gasteiger partial charge in [-0.3, -0.25) is 10.2 Å². The summed E-state index contributed by atoms with van der Waals surface area (Å²) in [5.74, 6) is 0.821. The predicted molar refractivity (Wildman–Crippen MR) is 119 cm³/mol. The molecule has 1 unspecified atom stereocenters. The SMILES string of the molecule is O=C(Nc1cccc(Br)n1)N1c2nc(-c3cccc(C(F)(F)F)c3)ccc2N2CCC1C2. The quantitative estimate of drug-likeness (QED) is 0.465. The van der Waals surface area contributed by atoms with Gasteiger partial charge in [-0.15, -0.1) is 0 Å². The number of carbonyl (C=O) groups is 1. The number of hydrogen-bond donors (Lipinski definition) is 1. The van der Waals surface area contributed by atoms with Crippen molar-refractivity contribution in [3.8, 4) is 11.3 Å². The fraction of sp³-hybridized carbons (Fsp3) is 0.227. The molecular weight excluding hydrogens is 487 g/mol. The van der Waals surface area contributed by atoms with Gasteiger partial charge < -0.3 is 4.90 Å². The number of anilines is 3. The molecule has 1 aromatic carbocycles. The lowest BCUT2D eigenvalue weighted by Gasteiger charge is -2.35. The first kappa shape index (κ1) is 20.7. The van der Waals surface area contributed by atoms with Crippen LogP contribution in [0, 0.1) is 0 Å². The summed E-state index contributed by atoms with van der Waals surface area (Å²) < 4.78 is 40.1. The van der Waals surface area contributed by atoms with E-state index in [9.17, 15) is 18.0 Å². The van der Waals surface area contributed by atoms with Crippen LogP contribution >= 0.6 is 15.9 Å². The topological polar surface area (TPSA) is 61.4 Å². The summed E-state index contributed by atoms with van der Waals surface area (Å²) in [5, 5.41) is 2.80. The van der Waals surface area contributed by atoms with Gasteiger partial charge in [0, 0.05) is 18.7 Å². The third kappa shape index (κ3) is 3.79. The van der Waals surface area contributed by atoms with Gasteiger partial charge in [-0.1, -0.05) is 18.2 Å². The lowest BCUT2D eigenvalue weighted by atomic mass is 10.1. The zero-order valence-corrected chi connectivity index (χ0v) is 18.2. The zero-order chi connectivity index (χ0) is 22.5. The van der Waals surface area contributed by atoms with Crippen molar-refractivity contribution in [2.75, 3.05) is 28.2 Å². The molecule has 0 spiro atoms. The van der Waals surface area contributed by atoms with Crippen LogP contribution in [0.2, 0.25) is 0 Å². The Morgan fingerprint density at radius 3 is 2.69 bits per heavy atom. The molecule has 32 heavy (non-hydrogen) atoms. The van der Waals surface area contributed by atoms with E-state index < -0.39 is 11.7 Å². The molecule has 1 atom stereocenters. The van der Waals surface area contributed by atoms with Crippen LogP contribution < -0.4 is 15.1 Å². The zero-order valence-electron chi connectivity index (χ0n) is 16.6. The smallest absolute Gasteiger partial charge is 0.366 e. The summed E-state index contributed by atoms with van der Waals surface area (Å²) in [6, 6.07) is 13.3. The summed E-state index contributed by atoms with van der Waals surface area (Å²) in [4.78, 5) is 25.8. The molecule has 6 nitrogen and oxygen atoms in total. The van der Waals surface area contributed by atoms with Gasteiger partial charge in [-0.25, -0.2) is 14.8 Å². The predicted octanol–water partition coefficient (Wildman–Crippen LogP) is 5.56. The molecule has 2 aliphatic rings. The van der Waals surface area contributed by atoms with Crippen LogP contribution in [0.5, 0.6) is 0 Å². The van der Waals surface area contributed by atoms with Crippen LogP contribution in [-0.2, 0) is 6.18 Å². The largest absolute Gasteiger partial charge is 0.416 e. The Kier molecular flexibility index (Phi) is 5.04. The third-order valence-electron chi connectivity index (χ3n) is 5.61. The molecule has 164 valence electrons. The molecule has 1 N–H and O–H groups in total. The maximum atomic E-state index is 13.2. The molecule has 2 aromatic heterocycles. The Labute approximate surface area is 190 Å². The molecule has 3 aromatic rings. The molecule has 10 heteroatoms. The number of fused-ring (bicyclic) bond motifs is 4. The minimum atomic E-state index is -4.45. The van der Waals surface area contributed by atoms with Gasteiger partial charge in [0.05, 0.1) is 23.0 Å². The monoisotopic (exact) mass is 503 g/mol. The lowest BCUT2D eigenvalue weighted by molar-refractivity contribution is -0.137. The second-order valence-corrected chi connectivity index (χ2v) is 8.46. The van der Waals surface area contributed by atoms with Crippen molar-refractivity contribution in [2.45, 2.75) is 18.6 Å². The fourth-order valence-electron chi connectivity index (χ4n) is 4.13. The summed E-state index contributed by atoms with van der Waals surface area (Å²) in [7, 11) is 0. The molecule has 4 heterocycles. The number of hydrogen-bond acceptors (Lipinski definition) is 4. The highest BCUT2D eigenvalue weighted by Gasteiger charge is 2.40.